The molecule has 1 aromatic heterocycles. The van der Waals surface area contributed by atoms with Gasteiger partial charge in [-0.25, -0.2) is 18.7 Å². The summed E-state index contributed by atoms with van der Waals surface area (Å²) in [5, 5.41) is 2.90. The van der Waals surface area contributed by atoms with Crippen LogP contribution in [0.1, 0.15) is 22.4 Å². The molecule has 0 atom stereocenters. The van der Waals surface area contributed by atoms with Crippen molar-refractivity contribution in [2.24, 2.45) is 0 Å². The van der Waals surface area contributed by atoms with Gasteiger partial charge in [0.25, 0.3) is 0 Å². The monoisotopic (exact) mass is 263 g/mol. The normalized spacial score (nSPS) is 10.6. The molecule has 0 aliphatic rings. The standard InChI is InChI=1S/C14H15F2N3/c1-8-4-11(5-9(2)12(8)15)6-17-14-13(16)10(3)18-7-19-14/h4-5,7H,6H2,1-3H3,(H,17,18,19). The summed E-state index contributed by atoms with van der Waals surface area (Å²) in [6.07, 6.45) is 1.31. The first-order valence-corrected chi connectivity index (χ1v) is 5.95. The molecule has 0 spiro atoms. The number of halogens is 2. The van der Waals surface area contributed by atoms with Crippen LogP contribution < -0.4 is 5.32 Å². The van der Waals surface area contributed by atoms with Gasteiger partial charge >= 0.3 is 0 Å². The lowest BCUT2D eigenvalue weighted by Gasteiger charge is -2.10. The van der Waals surface area contributed by atoms with E-state index in [1.807, 2.05) is 0 Å². The number of hydrogen-bond acceptors (Lipinski definition) is 3. The second-order valence-corrected chi connectivity index (χ2v) is 4.52. The Labute approximate surface area is 110 Å². The molecule has 100 valence electrons. The summed E-state index contributed by atoms with van der Waals surface area (Å²) in [5.41, 5.74) is 2.34. The van der Waals surface area contributed by atoms with Gasteiger partial charge in [0.15, 0.2) is 11.6 Å². The van der Waals surface area contributed by atoms with Crippen molar-refractivity contribution < 1.29 is 8.78 Å². The van der Waals surface area contributed by atoms with Crippen LogP contribution in [-0.4, -0.2) is 9.97 Å². The van der Waals surface area contributed by atoms with E-state index in [1.54, 1.807) is 32.9 Å². The third kappa shape index (κ3) is 2.86. The van der Waals surface area contributed by atoms with Gasteiger partial charge in [0, 0.05) is 6.54 Å². The van der Waals surface area contributed by atoms with Gasteiger partial charge in [0.05, 0.1) is 5.69 Å². The van der Waals surface area contributed by atoms with Gasteiger partial charge in [-0.2, -0.15) is 0 Å². The molecule has 3 nitrogen and oxygen atoms in total. The SMILES string of the molecule is Cc1cc(CNc2ncnc(C)c2F)cc(C)c1F. The van der Waals surface area contributed by atoms with E-state index < -0.39 is 5.82 Å². The van der Waals surface area contributed by atoms with Crippen molar-refractivity contribution >= 4 is 5.82 Å². The van der Waals surface area contributed by atoms with Crippen LogP contribution in [0, 0.1) is 32.4 Å². The smallest absolute Gasteiger partial charge is 0.186 e. The third-order valence-electron chi connectivity index (χ3n) is 2.92. The summed E-state index contributed by atoms with van der Waals surface area (Å²) in [6.45, 7) is 5.38. The van der Waals surface area contributed by atoms with E-state index in [1.165, 1.54) is 6.33 Å². The van der Waals surface area contributed by atoms with Crippen molar-refractivity contribution in [3.8, 4) is 0 Å². The zero-order valence-electron chi connectivity index (χ0n) is 11.1. The third-order valence-corrected chi connectivity index (χ3v) is 2.92. The average molecular weight is 263 g/mol. The predicted molar refractivity (Wildman–Crippen MR) is 69.9 cm³/mol. The fraction of sp³-hybridized carbons (Fsp3) is 0.286. The number of rotatable bonds is 3. The number of hydrogen-bond donors (Lipinski definition) is 1. The molecule has 5 heteroatoms. The maximum atomic E-state index is 13.7. The summed E-state index contributed by atoms with van der Waals surface area (Å²) >= 11 is 0. The number of aryl methyl sites for hydroxylation is 3. The topological polar surface area (TPSA) is 37.8 Å². The molecule has 0 aliphatic carbocycles. The molecule has 1 heterocycles. The molecule has 0 radical (unpaired) electrons. The Morgan fingerprint density at radius 3 is 2.26 bits per heavy atom. The van der Waals surface area contributed by atoms with Crippen LogP contribution in [0.3, 0.4) is 0 Å². The van der Waals surface area contributed by atoms with Crippen molar-refractivity contribution in [1.82, 2.24) is 9.97 Å². The quantitative estimate of drug-likeness (QED) is 0.923. The van der Waals surface area contributed by atoms with E-state index in [0.717, 1.165) is 5.56 Å². The van der Waals surface area contributed by atoms with Gasteiger partial charge in [-0.3, -0.25) is 0 Å². The van der Waals surface area contributed by atoms with Gasteiger partial charge in [-0.15, -0.1) is 0 Å². The van der Waals surface area contributed by atoms with Crippen LogP contribution in [0.15, 0.2) is 18.5 Å². The van der Waals surface area contributed by atoms with Gasteiger partial charge in [-0.05, 0) is 37.5 Å². The van der Waals surface area contributed by atoms with Crippen LogP contribution in [0.25, 0.3) is 0 Å². The van der Waals surface area contributed by atoms with Crippen LogP contribution >= 0.6 is 0 Å². The second kappa shape index (κ2) is 5.30. The Kier molecular flexibility index (Phi) is 3.74. The number of nitrogens with zero attached hydrogens (tertiary/aromatic N) is 2. The maximum absolute atomic E-state index is 13.7. The summed E-state index contributed by atoms with van der Waals surface area (Å²) in [7, 11) is 0. The summed E-state index contributed by atoms with van der Waals surface area (Å²) in [5.74, 6) is -0.502. The van der Waals surface area contributed by atoms with E-state index in [2.05, 4.69) is 15.3 Å². The largest absolute Gasteiger partial charge is 0.363 e. The summed E-state index contributed by atoms with van der Waals surface area (Å²) in [6, 6.07) is 3.47. The van der Waals surface area contributed by atoms with Gasteiger partial charge in [0.1, 0.15) is 12.1 Å². The highest BCUT2D eigenvalue weighted by molar-refractivity contribution is 5.39. The maximum Gasteiger partial charge on any atom is 0.186 e. The first-order chi connectivity index (χ1) is 8.99. The van der Waals surface area contributed by atoms with Crippen molar-refractivity contribution in [3.63, 3.8) is 0 Å². The fourth-order valence-electron chi connectivity index (χ4n) is 1.90. The Hall–Kier alpha value is -2.04. The van der Waals surface area contributed by atoms with Crippen LogP contribution in [0.2, 0.25) is 0 Å². The van der Waals surface area contributed by atoms with Crippen molar-refractivity contribution in [3.05, 3.63) is 52.5 Å². The molecule has 0 bridgehead atoms. The van der Waals surface area contributed by atoms with Crippen LogP contribution in [0.5, 0.6) is 0 Å². The zero-order valence-corrected chi connectivity index (χ0v) is 11.1. The molecule has 0 amide bonds. The van der Waals surface area contributed by atoms with Crippen LogP contribution in [-0.2, 0) is 6.54 Å². The lowest BCUT2D eigenvalue weighted by molar-refractivity contribution is 0.603. The average Bonchev–Trinajstić information content (AvgIpc) is 2.37. The first kappa shape index (κ1) is 13.4. The van der Waals surface area contributed by atoms with Gasteiger partial charge in [0.2, 0.25) is 0 Å². The highest BCUT2D eigenvalue weighted by Gasteiger charge is 2.08. The van der Waals surface area contributed by atoms with Crippen LogP contribution in [0.4, 0.5) is 14.6 Å². The minimum absolute atomic E-state index is 0.159. The van der Waals surface area contributed by atoms with E-state index >= 15 is 0 Å². The molecule has 0 unspecified atom stereocenters. The summed E-state index contributed by atoms with van der Waals surface area (Å²) < 4.78 is 27.2. The molecule has 0 fully saturated rings. The molecule has 0 saturated carbocycles. The number of benzene rings is 1. The Morgan fingerprint density at radius 2 is 1.63 bits per heavy atom. The van der Waals surface area contributed by atoms with Crippen molar-refractivity contribution in [2.45, 2.75) is 27.3 Å². The van der Waals surface area contributed by atoms with E-state index in [4.69, 9.17) is 0 Å². The number of aromatic nitrogens is 2. The Balaban J connectivity index is 2.17. The second-order valence-electron chi connectivity index (χ2n) is 4.52. The zero-order chi connectivity index (χ0) is 14.0. The fourth-order valence-corrected chi connectivity index (χ4v) is 1.90. The lowest BCUT2D eigenvalue weighted by atomic mass is 10.1. The lowest BCUT2D eigenvalue weighted by Crippen LogP contribution is -2.06. The molecule has 0 saturated heterocycles. The highest BCUT2D eigenvalue weighted by atomic mass is 19.1. The number of anilines is 1. The van der Waals surface area contributed by atoms with Gasteiger partial charge in [-0.1, -0.05) is 12.1 Å². The Bertz CT molecular complexity index is 589. The minimum atomic E-state index is -0.460. The molecule has 1 N–H and O–H groups in total. The number of nitrogens with one attached hydrogen (secondary N) is 1. The molecule has 1 aromatic carbocycles. The molecule has 19 heavy (non-hydrogen) atoms. The Morgan fingerprint density at radius 1 is 1.00 bits per heavy atom. The van der Waals surface area contributed by atoms with E-state index in [0.29, 0.717) is 23.4 Å². The molecule has 2 aromatic rings. The van der Waals surface area contributed by atoms with Crippen molar-refractivity contribution in [2.75, 3.05) is 5.32 Å². The van der Waals surface area contributed by atoms with Gasteiger partial charge < -0.3 is 5.32 Å². The van der Waals surface area contributed by atoms with E-state index in [9.17, 15) is 8.78 Å². The van der Waals surface area contributed by atoms with Crippen molar-refractivity contribution in [1.29, 1.82) is 0 Å². The minimum Gasteiger partial charge on any atom is -0.363 e. The first-order valence-electron chi connectivity index (χ1n) is 5.95. The van der Waals surface area contributed by atoms with E-state index in [-0.39, 0.29) is 11.6 Å². The molecular weight excluding hydrogens is 248 g/mol. The molecule has 2 rings (SSSR count). The molecule has 0 aliphatic heterocycles. The predicted octanol–water partition coefficient (Wildman–Crippen LogP) is 3.29. The summed E-state index contributed by atoms with van der Waals surface area (Å²) in [4.78, 5) is 7.60. The molecular formula is C14H15F2N3. The highest BCUT2D eigenvalue weighted by Crippen LogP contribution is 2.17.